The minimum absolute atomic E-state index is 0. The summed E-state index contributed by atoms with van der Waals surface area (Å²) in [6.07, 6.45) is 0.599. The second-order valence-corrected chi connectivity index (χ2v) is 9.91. The first-order chi connectivity index (χ1) is 16.4. The maximum atomic E-state index is 6.26. The Balaban J connectivity index is 0.00000160. The van der Waals surface area contributed by atoms with Crippen LogP contribution < -0.4 is 9.64 Å². The molecule has 0 atom stereocenters. The van der Waals surface area contributed by atoms with Crippen molar-refractivity contribution in [3.63, 3.8) is 0 Å². The minimum Gasteiger partial charge on any atom is -0.493 e. The summed E-state index contributed by atoms with van der Waals surface area (Å²) < 4.78 is 12.2. The number of aromatic nitrogens is 2. The van der Waals surface area contributed by atoms with Crippen LogP contribution in [0.5, 0.6) is 5.75 Å². The third-order valence-corrected chi connectivity index (χ3v) is 6.42. The zero-order valence-corrected chi connectivity index (χ0v) is 24.4. The number of nitrogens with one attached hydrogen (secondary N) is 1. The number of nitrogens with zero attached hydrogens (tertiary/aromatic N) is 3. The van der Waals surface area contributed by atoms with Gasteiger partial charge in [0.25, 0.3) is 0 Å². The highest BCUT2D eigenvalue weighted by Crippen LogP contribution is 2.30. The fourth-order valence-electron chi connectivity index (χ4n) is 4.25. The van der Waals surface area contributed by atoms with Crippen molar-refractivity contribution in [3.05, 3.63) is 64.9 Å². The number of imidazole rings is 1. The molecule has 1 saturated heterocycles. The molecule has 0 aliphatic carbocycles. The Labute approximate surface area is 241 Å². The van der Waals surface area contributed by atoms with Gasteiger partial charge >= 0.3 is 0 Å². The van der Waals surface area contributed by atoms with E-state index < -0.39 is 0 Å². The summed E-state index contributed by atoms with van der Waals surface area (Å²) >= 11 is 6.26. The normalized spacial score (nSPS) is 13.7. The van der Waals surface area contributed by atoms with Crippen LogP contribution in [0.3, 0.4) is 0 Å². The van der Waals surface area contributed by atoms with Gasteiger partial charge in [0.05, 0.1) is 17.6 Å². The van der Waals surface area contributed by atoms with Gasteiger partial charge in [-0.2, -0.15) is 0 Å². The molecule has 1 N–H and O–H groups in total. The summed E-state index contributed by atoms with van der Waals surface area (Å²) in [5.41, 5.74) is 4.19. The molecule has 0 bridgehead atoms. The van der Waals surface area contributed by atoms with Gasteiger partial charge in [0.1, 0.15) is 11.5 Å². The van der Waals surface area contributed by atoms with Gasteiger partial charge in [-0.1, -0.05) is 25.4 Å². The van der Waals surface area contributed by atoms with Gasteiger partial charge in [-0.15, -0.1) is 37.2 Å². The van der Waals surface area contributed by atoms with Crippen molar-refractivity contribution < 1.29 is 9.15 Å². The number of aromatic amines is 1. The second-order valence-electron chi connectivity index (χ2n) is 9.48. The van der Waals surface area contributed by atoms with E-state index in [1.54, 1.807) is 0 Å². The van der Waals surface area contributed by atoms with E-state index >= 15 is 0 Å². The van der Waals surface area contributed by atoms with Crippen molar-refractivity contribution >= 4 is 65.5 Å². The van der Waals surface area contributed by atoms with E-state index in [4.69, 9.17) is 25.7 Å². The molecule has 37 heavy (non-hydrogen) atoms. The van der Waals surface area contributed by atoms with E-state index in [2.05, 4.69) is 53.9 Å². The molecule has 0 unspecified atom stereocenters. The Morgan fingerprint density at radius 2 is 1.76 bits per heavy atom. The van der Waals surface area contributed by atoms with Gasteiger partial charge in [0.2, 0.25) is 0 Å². The van der Waals surface area contributed by atoms with Crippen LogP contribution in [0, 0.1) is 5.92 Å². The lowest BCUT2D eigenvalue weighted by atomic mass is 10.1. The molecule has 2 aromatic heterocycles. The topological polar surface area (TPSA) is 57.5 Å². The molecule has 202 valence electrons. The van der Waals surface area contributed by atoms with Crippen molar-refractivity contribution in [3.8, 4) is 17.3 Å². The molecule has 6 nitrogen and oxygen atoms in total. The van der Waals surface area contributed by atoms with E-state index in [0.717, 1.165) is 65.9 Å². The van der Waals surface area contributed by atoms with Crippen LogP contribution >= 0.6 is 48.8 Å². The van der Waals surface area contributed by atoms with Crippen LogP contribution in [-0.4, -0.2) is 54.7 Å². The molecule has 0 amide bonds. The molecular formula is C27H34Cl4N4O2. The standard InChI is InChI=1S/C27H31ClN4O2.3ClH/c1-18(2)17-33-25-8-4-20(28)14-19(25)15-22-6-9-26(34-22)27-29-23-7-5-21(16-24(23)30-27)32-12-10-31(3)11-13-32;;;/h4-9,14,16,18H,10-13,15,17H2,1-3H3,(H,29,30);3*1H. The Morgan fingerprint density at radius 1 is 1.00 bits per heavy atom. The summed E-state index contributed by atoms with van der Waals surface area (Å²) in [4.78, 5) is 13.0. The zero-order chi connectivity index (χ0) is 23.7. The number of anilines is 1. The molecule has 1 fully saturated rings. The average molecular weight is 588 g/mol. The summed E-state index contributed by atoms with van der Waals surface area (Å²) in [6, 6.07) is 16.1. The van der Waals surface area contributed by atoms with E-state index in [1.807, 2.05) is 30.3 Å². The number of ether oxygens (including phenoxy) is 1. The summed E-state index contributed by atoms with van der Waals surface area (Å²) in [6.45, 7) is 9.17. The van der Waals surface area contributed by atoms with Crippen molar-refractivity contribution in [2.45, 2.75) is 20.3 Å². The summed E-state index contributed by atoms with van der Waals surface area (Å²) in [5.74, 6) is 3.59. The smallest absolute Gasteiger partial charge is 0.174 e. The molecule has 0 saturated carbocycles. The van der Waals surface area contributed by atoms with Gasteiger partial charge in [0.15, 0.2) is 11.6 Å². The van der Waals surface area contributed by atoms with Gasteiger partial charge < -0.3 is 23.9 Å². The molecule has 5 rings (SSSR count). The number of hydrogen-bond acceptors (Lipinski definition) is 5. The first-order valence-electron chi connectivity index (χ1n) is 11.9. The molecule has 1 aliphatic heterocycles. The molecule has 3 heterocycles. The predicted molar refractivity (Wildman–Crippen MR) is 160 cm³/mol. The molecule has 1 aliphatic rings. The molecule has 2 aromatic carbocycles. The molecular weight excluding hydrogens is 554 g/mol. The van der Waals surface area contributed by atoms with Crippen LogP contribution in [-0.2, 0) is 6.42 Å². The maximum Gasteiger partial charge on any atom is 0.174 e. The number of rotatable bonds is 7. The lowest BCUT2D eigenvalue weighted by Gasteiger charge is -2.34. The Morgan fingerprint density at radius 3 is 2.49 bits per heavy atom. The van der Waals surface area contributed by atoms with Crippen LogP contribution in [0.15, 0.2) is 52.9 Å². The Hall–Kier alpha value is -2.09. The largest absolute Gasteiger partial charge is 0.493 e. The van der Waals surface area contributed by atoms with Gasteiger partial charge in [-0.05, 0) is 61.5 Å². The lowest BCUT2D eigenvalue weighted by Crippen LogP contribution is -2.44. The highest BCUT2D eigenvalue weighted by Gasteiger charge is 2.17. The van der Waals surface area contributed by atoms with E-state index in [9.17, 15) is 0 Å². The Kier molecular flexibility index (Phi) is 11.5. The predicted octanol–water partition coefficient (Wildman–Crippen LogP) is 7.12. The minimum atomic E-state index is 0. The highest BCUT2D eigenvalue weighted by molar-refractivity contribution is 6.30. The van der Waals surface area contributed by atoms with E-state index in [0.29, 0.717) is 24.0 Å². The maximum absolute atomic E-state index is 6.26. The first-order valence-corrected chi connectivity index (χ1v) is 12.3. The van der Waals surface area contributed by atoms with Crippen molar-refractivity contribution in [2.75, 3.05) is 44.7 Å². The number of halogens is 4. The fraction of sp³-hybridized carbons (Fsp3) is 0.370. The highest BCUT2D eigenvalue weighted by atomic mass is 35.5. The third-order valence-electron chi connectivity index (χ3n) is 6.19. The van der Waals surface area contributed by atoms with Crippen molar-refractivity contribution in [1.29, 1.82) is 0 Å². The van der Waals surface area contributed by atoms with Crippen LogP contribution in [0.4, 0.5) is 5.69 Å². The molecule has 0 radical (unpaired) electrons. The number of furan rings is 1. The van der Waals surface area contributed by atoms with Gasteiger partial charge in [-0.3, -0.25) is 0 Å². The van der Waals surface area contributed by atoms with E-state index in [1.165, 1.54) is 5.69 Å². The lowest BCUT2D eigenvalue weighted by molar-refractivity contribution is 0.268. The second kappa shape index (κ2) is 13.6. The van der Waals surface area contributed by atoms with Crippen LogP contribution in [0.2, 0.25) is 5.02 Å². The summed E-state index contributed by atoms with van der Waals surface area (Å²) in [5, 5.41) is 0.687. The van der Waals surface area contributed by atoms with E-state index in [-0.39, 0.29) is 37.2 Å². The Bertz CT molecular complexity index is 1280. The number of H-pyrrole nitrogens is 1. The van der Waals surface area contributed by atoms with Crippen molar-refractivity contribution in [1.82, 2.24) is 14.9 Å². The van der Waals surface area contributed by atoms with Crippen LogP contribution in [0.25, 0.3) is 22.6 Å². The zero-order valence-electron chi connectivity index (χ0n) is 21.2. The van der Waals surface area contributed by atoms with Gasteiger partial charge in [0, 0.05) is 48.9 Å². The SMILES string of the molecule is CC(C)COc1ccc(Cl)cc1Cc1ccc(-c2nc3ccc(N4CCN(C)CC4)cc3[nH]2)o1.Cl.Cl.Cl. The molecule has 10 heteroatoms. The van der Waals surface area contributed by atoms with Gasteiger partial charge in [-0.25, -0.2) is 4.98 Å². The number of piperazine rings is 1. The monoisotopic (exact) mass is 586 g/mol. The fourth-order valence-corrected chi connectivity index (χ4v) is 4.44. The first kappa shape index (κ1) is 31.1. The number of fused-ring (bicyclic) bond motifs is 1. The number of likely N-dealkylation sites (N-methyl/N-ethyl adjacent to an activating group) is 1. The molecule has 0 spiro atoms. The quantitative estimate of drug-likeness (QED) is 0.249. The number of benzene rings is 2. The number of hydrogen-bond donors (Lipinski definition) is 1. The average Bonchev–Trinajstić information content (AvgIpc) is 3.45. The van der Waals surface area contributed by atoms with Crippen LogP contribution in [0.1, 0.15) is 25.2 Å². The van der Waals surface area contributed by atoms with Crippen molar-refractivity contribution in [2.24, 2.45) is 5.92 Å². The third kappa shape index (κ3) is 7.49. The molecule has 4 aromatic rings. The summed E-state index contributed by atoms with van der Waals surface area (Å²) in [7, 11) is 2.17.